The molecule has 2 unspecified atom stereocenters. The number of hydrogen-bond acceptors (Lipinski definition) is 8. The monoisotopic (exact) mass is 520 g/mol. The fourth-order valence-corrected chi connectivity index (χ4v) is 5.94. The first-order valence-corrected chi connectivity index (χ1v) is 12.4. The van der Waals surface area contributed by atoms with E-state index in [1.165, 1.54) is 0 Å². The summed E-state index contributed by atoms with van der Waals surface area (Å²) in [6, 6.07) is 1.68. The van der Waals surface area contributed by atoms with Gasteiger partial charge in [-0.05, 0) is 47.8 Å². The van der Waals surface area contributed by atoms with Gasteiger partial charge < -0.3 is 30.6 Å². The lowest BCUT2D eigenvalue weighted by Gasteiger charge is -2.35. The summed E-state index contributed by atoms with van der Waals surface area (Å²) < 4.78 is 0. The van der Waals surface area contributed by atoms with E-state index in [0.717, 1.165) is 0 Å². The SMILES string of the molecule is CC1=CC2=C(C(C)C)C(O)C(=O)/C(=C\O)C2=C(O)C1c1c(C)cc2c(C(C)C)c(O)c(O)c(C=O)c2c1O. The molecule has 2 aromatic rings. The molecule has 0 saturated heterocycles. The van der Waals surface area contributed by atoms with Crippen LogP contribution in [0.4, 0.5) is 0 Å². The van der Waals surface area contributed by atoms with Crippen molar-refractivity contribution >= 4 is 22.8 Å². The Hall–Kier alpha value is -4.04. The van der Waals surface area contributed by atoms with E-state index in [4.69, 9.17) is 0 Å². The number of fused-ring (bicyclic) bond motifs is 2. The summed E-state index contributed by atoms with van der Waals surface area (Å²) in [5.41, 5.74) is 2.05. The minimum absolute atomic E-state index is 0.0301. The zero-order valence-corrected chi connectivity index (χ0v) is 22.1. The number of benzene rings is 2. The summed E-state index contributed by atoms with van der Waals surface area (Å²) in [7, 11) is 0. The van der Waals surface area contributed by atoms with E-state index in [0.29, 0.717) is 45.8 Å². The Morgan fingerprint density at radius 2 is 1.58 bits per heavy atom. The lowest BCUT2D eigenvalue weighted by Crippen LogP contribution is -2.35. The molecule has 0 bridgehead atoms. The quantitative estimate of drug-likeness (QED) is 0.136. The number of aryl methyl sites for hydroxylation is 1. The van der Waals surface area contributed by atoms with Crippen molar-refractivity contribution in [2.45, 2.75) is 59.5 Å². The first kappa shape index (κ1) is 27.0. The maximum absolute atomic E-state index is 12.9. The molecule has 2 aliphatic carbocycles. The van der Waals surface area contributed by atoms with Crippen LogP contribution in [0.1, 0.15) is 73.5 Å². The van der Waals surface area contributed by atoms with Gasteiger partial charge in [-0.15, -0.1) is 0 Å². The zero-order chi connectivity index (χ0) is 28.4. The number of aromatic hydroxyl groups is 3. The van der Waals surface area contributed by atoms with Gasteiger partial charge in [-0.1, -0.05) is 45.4 Å². The number of allylic oxidation sites excluding steroid dienone is 4. The highest BCUT2D eigenvalue weighted by atomic mass is 16.3. The van der Waals surface area contributed by atoms with E-state index in [1.54, 1.807) is 39.8 Å². The topological polar surface area (TPSA) is 156 Å². The van der Waals surface area contributed by atoms with Crippen LogP contribution in [0.25, 0.3) is 10.8 Å². The van der Waals surface area contributed by atoms with Gasteiger partial charge in [0.15, 0.2) is 23.6 Å². The minimum atomic E-state index is -1.48. The molecule has 0 aromatic heterocycles. The van der Waals surface area contributed by atoms with Crippen molar-refractivity contribution in [3.05, 3.63) is 74.3 Å². The van der Waals surface area contributed by atoms with Gasteiger partial charge in [-0.2, -0.15) is 0 Å². The van der Waals surface area contributed by atoms with Crippen LogP contribution in [0.3, 0.4) is 0 Å². The molecule has 0 amide bonds. The van der Waals surface area contributed by atoms with Crippen molar-refractivity contribution in [3.8, 4) is 17.2 Å². The Balaban J connectivity index is 2.14. The maximum Gasteiger partial charge on any atom is 0.199 e. The number of phenolic OH excluding ortho intramolecular Hbond substituents is 3. The van der Waals surface area contributed by atoms with Crippen LogP contribution >= 0.6 is 0 Å². The van der Waals surface area contributed by atoms with Crippen molar-refractivity contribution in [2.24, 2.45) is 5.92 Å². The molecule has 0 fully saturated rings. The minimum Gasteiger partial charge on any atom is -0.515 e. The van der Waals surface area contributed by atoms with E-state index < -0.39 is 29.3 Å². The fourth-order valence-electron chi connectivity index (χ4n) is 5.94. The predicted octanol–water partition coefficient (Wildman–Crippen LogP) is 5.39. The number of phenols is 3. The second-order valence-electron chi connectivity index (χ2n) is 10.6. The summed E-state index contributed by atoms with van der Waals surface area (Å²) in [5, 5.41) is 65.5. The number of rotatable bonds is 4. The Kier molecular flexibility index (Phi) is 6.66. The number of Topliss-reactive ketones (excluding diaryl/α,β-unsaturated/α-hetero) is 1. The van der Waals surface area contributed by atoms with Gasteiger partial charge >= 0.3 is 0 Å². The first-order chi connectivity index (χ1) is 17.8. The average Bonchev–Trinajstić information content (AvgIpc) is 2.83. The third kappa shape index (κ3) is 3.62. The zero-order valence-electron chi connectivity index (χ0n) is 22.1. The highest BCUT2D eigenvalue weighted by Gasteiger charge is 2.42. The maximum atomic E-state index is 12.9. The first-order valence-electron chi connectivity index (χ1n) is 12.4. The number of aldehydes is 1. The largest absolute Gasteiger partial charge is 0.515 e. The molecule has 2 aromatic carbocycles. The molecule has 0 heterocycles. The number of carbonyl (C=O) groups is 2. The van der Waals surface area contributed by atoms with Crippen molar-refractivity contribution in [1.29, 1.82) is 0 Å². The Morgan fingerprint density at radius 3 is 2.11 bits per heavy atom. The number of hydrogen-bond donors (Lipinski definition) is 6. The average molecular weight is 521 g/mol. The number of ketones is 1. The van der Waals surface area contributed by atoms with Crippen LogP contribution < -0.4 is 0 Å². The van der Waals surface area contributed by atoms with Gasteiger partial charge in [0, 0.05) is 22.1 Å². The molecule has 200 valence electrons. The lowest BCUT2D eigenvalue weighted by atomic mass is 9.70. The number of aliphatic hydroxyl groups is 3. The molecule has 2 aliphatic rings. The van der Waals surface area contributed by atoms with Crippen LogP contribution in [0.15, 0.2) is 52.0 Å². The number of aliphatic hydroxyl groups excluding tert-OH is 3. The number of carbonyl (C=O) groups excluding carboxylic acids is 2. The van der Waals surface area contributed by atoms with Gasteiger partial charge in [0.1, 0.15) is 17.6 Å². The van der Waals surface area contributed by atoms with Crippen molar-refractivity contribution in [2.75, 3.05) is 0 Å². The molecular weight excluding hydrogens is 488 g/mol. The van der Waals surface area contributed by atoms with Gasteiger partial charge in [0.25, 0.3) is 0 Å². The van der Waals surface area contributed by atoms with E-state index in [2.05, 4.69) is 0 Å². The van der Waals surface area contributed by atoms with Gasteiger partial charge in [0.05, 0.1) is 23.3 Å². The molecule has 2 atom stereocenters. The molecular formula is C30H32O8. The van der Waals surface area contributed by atoms with Crippen LogP contribution in [0, 0.1) is 12.8 Å². The highest BCUT2D eigenvalue weighted by molar-refractivity contribution is 6.09. The Morgan fingerprint density at radius 1 is 0.947 bits per heavy atom. The third-order valence-corrected chi connectivity index (χ3v) is 7.59. The van der Waals surface area contributed by atoms with Gasteiger partial charge in [-0.3, -0.25) is 9.59 Å². The molecule has 0 saturated carbocycles. The molecule has 6 N–H and O–H groups in total. The van der Waals surface area contributed by atoms with Crippen molar-refractivity contribution < 1.29 is 40.2 Å². The summed E-state index contributed by atoms with van der Waals surface area (Å²) in [6.07, 6.45) is 1.15. The predicted molar refractivity (Wildman–Crippen MR) is 143 cm³/mol. The summed E-state index contributed by atoms with van der Waals surface area (Å²) >= 11 is 0. The van der Waals surface area contributed by atoms with Crippen molar-refractivity contribution in [3.63, 3.8) is 0 Å². The van der Waals surface area contributed by atoms with Gasteiger partial charge in [0.2, 0.25) is 0 Å². The normalized spacial score (nSPS) is 21.1. The van der Waals surface area contributed by atoms with Crippen LogP contribution in [0.5, 0.6) is 17.2 Å². The molecule has 4 rings (SSSR count). The van der Waals surface area contributed by atoms with E-state index in [9.17, 15) is 40.2 Å². The third-order valence-electron chi connectivity index (χ3n) is 7.59. The smallest absolute Gasteiger partial charge is 0.199 e. The van der Waals surface area contributed by atoms with Crippen LogP contribution in [0.2, 0.25) is 0 Å². The molecule has 8 heteroatoms. The molecule has 0 radical (unpaired) electrons. The van der Waals surface area contributed by atoms with E-state index in [1.807, 2.05) is 13.8 Å². The van der Waals surface area contributed by atoms with Crippen LogP contribution in [-0.2, 0) is 4.79 Å². The van der Waals surface area contributed by atoms with Crippen LogP contribution in [-0.4, -0.2) is 48.8 Å². The van der Waals surface area contributed by atoms with Crippen molar-refractivity contribution in [1.82, 2.24) is 0 Å². The summed E-state index contributed by atoms with van der Waals surface area (Å²) in [5.74, 6) is -3.99. The second-order valence-corrected chi connectivity index (χ2v) is 10.6. The Labute approximate surface area is 220 Å². The van der Waals surface area contributed by atoms with E-state index >= 15 is 0 Å². The Bertz CT molecular complexity index is 1530. The van der Waals surface area contributed by atoms with Gasteiger partial charge in [-0.25, -0.2) is 0 Å². The summed E-state index contributed by atoms with van der Waals surface area (Å²) in [4.78, 5) is 25.0. The summed E-state index contributed by atoms with van der Waals surface area (Å²) in [6.45, 7) is 10.7. The fraction of sp³-hybridized carbons (Fsp3) is 0.333. The highest BCUT2D eigenvalue weighted by Crippen LogP contribution is 2.53. The lowest BCUT2D eigenvalue weighted by molar-refractivity contribution is -0.122. The standard InChI is InChI=1S/C30H32O8/c1-11(2)19-15-7-13(5)21(27(35)23(15)17(9-31)25(33)29(19)37)22-14(6)8-16-20(12(3)4)30(38)26(34)18(10-32)24(16)28(22)36/h7-12,21,29,31,34-38H,1-6H3/b17-9-. The second kappa shape index (κ2) is 9.36. The molecule has 8 nitrogen and oxygen atoms in total. The molecule has 0 spiro atoms. The molecule has 38 heavy (non-hydrogen) atoms. The molecule has 0 aliphatic heterocycles. The van der Waals surface area contributed by atoms with E-state index in [-0.39, 0.29) is 51.0 Å².